The molecule has 3 N–H and O–H groups in total. The van der Waals surface area contributed by atoms with Crippen molar-refractivity contribution in [2.24, 2.45) is 17.6 Å². The maximum atomic E-state index is 7.43. The van der Waals surface area contributed by atoms with Crippen LogP contribution in [0.1, 0.15) is 39.5 Å². The van der Waals surface area contributed by atoms with Gasteiger partial charge in [0.05, 0.1) is 5.84 Å². The van der Waals surface area contributed by atoms with E-state index < -0.39 is 0 Å². The normalized spacial score (nSPS) is 19.7. The molecule has 1 aliphatic rings. The van der Waals surface area contributed by atoms with Gasteiger partial charge in [-0.1, -0.05) is 26.7 Å². The highest BCUT2D eigenvalue weighted by Crippen LogP contribution is 2.19. The fourth-order valence-corrected chi connectivity index (χ4v) is 2.34. The average Bonchev–Trinajstić information content (AvgIpc) is 2.26. The van der Waals surface area contributed by atoms with E-state index in [0.717, 1.165) is 31.8 Å². The second-order valence-electron chi connectivity index (χ2n) is 4.71. The third kappa shape index (κ3) is 3.82. The number of likely N-dealkylation sites (tertiary alicyclic amines) is 1. The third-order valence-corrected chi connectivity index (χ3v) is 3.70. The molecule has 1 saturated heterocycles. The van der Waals surface area contributed by atoms with E-state index in [9.17, 15) is 0 Å². The van der Waals surface area contributed by atoms with Gasteiger partial charge in [-0.25, -0.2) is 0 Å². The molecule has 15 heavy (non-hydrogen) atoms. The summed E-state index contributed by atoms with van der Waals surface area (Å²) in [5.74, 6) is 1.58. The van der Waals surface area contributed by atoms with E-state index in [0.29, 0.717) is 11.8 Å². The summed E-state index contributed by atoms with van der Waals surface area (Å²) in [6.07, 6.45) is 4.72. The van der Waals surface area contributed by atoms with Crippen molar-refractivity contribution in [2.75, 3.05) is 19.6 Å². The number of nitrogens with two attached hydrogens (primary N) is 1. The van der Waals surface area contributed by atoms with E-state index in [1.54, 1.807) is 0 Å². The van der Waals surface area contributed by atoms with E-state index in [-0.39, 0.29) is 0 Å². The third-order valence-electron chi connectivity index (χ3n) is 3.70. The van der Waals surface area contributed by atoms with Gasteiger partial charge in [0.25, 0.3) is 0 Å². The quantitative estimate of drug-likeness (QED) is 0.540. The molecule has 0 saturated carbocycles. The van der Waals surface area contributed by atoms with Crippen LogP contribution >= 0.6 is 0 Å². The largest absolute Gasteiger partial charge is 0.387 e. The van der Waals surface area contributed by atoms with Gasteiger partial charge >= 0.3 is 0 Å². The first-order chi connectivity index (χ1) is 7.17. The molecule has 3 nitrogen and oxygen atoms in total. The smallest absolute Gasteiger partial charge is 0.0937 e. The Morgan fingerprint density at radius 1 is 1.33 bits per heavy atom. The number of rotatable bonds is 5. The fourth-order valence-electron chi connectivity index (χ4n) is 2.34. The van der Waals surface area contributed by atoms with E-state index in [1.165, 1.54) is 19.4 Å². The van der Waals surface area contributed by atoms with Crippen LogP contribution in [0.25, 0.3) is 0 Å². The summed E-state index contributed by atoms with van der Waals surface area (Å²) in [5, 5.41) is 7.43. The van der Waals surface area contributed by atoms with Gasteiger partial charge in [0.2, 0.25) is 0 Å². The molecule has 3 heteroatoms. The van der Waals surface area contributed by atoms with Crippen LogP contribution in [0.15, 0.2) is 0 Å². The summed E-state index contributed by atoms with van der Waals surface area (Å²) in [6, 6.07) is 0. The van der Waals surface area contributed by atoms with Crippen LogP contribution in [-0.2, 0) is 0 Å². The minimum atomic E-state index is 0.350. The molecule has 0 atom stereocenters. The Morgan fingerprint density at radius 3 is 2.27 bits per heavy atom. The number of amidine groups is 1. The molecule has 1 heterocycles. The van der Waals surface area contributed by atoms with Crippen molar-refractivity contribution in [3.05, 3.63) is 0 Å². The SMILES string of the molecule is CCC(CC)CN1CCC(C(=N)N)CC1. The summed E-state index contributed by atoms with van der Waals surface area (Å²) >= 11 is 0. The van der Waals surface area contributed by atoms with E-state index in [4.69, 9.17) is 11.1 Å². The van der Waals surface area contributed by atoms with E-state index in [1.807, 2.05) is 0 Å². The topological polar surface area (TPSA) is 53.1 Å². The number of nitrogens with zero attached hydrogens (tertiary/aromatic N) is 1. The molecule has 1 fully saturated rings. The summed E-state index contributed by atoms with van der Waals surface area (Å²) in [4.78, 5) is 2.54. The second kappa shape index (κ2) is 6.11. The number of hydrogen-bond donors (Lipinski definition) is 2. The van der Waals surface area contributed by atoms with Crippen molar-refractivity contribution in [3.63, 3.8) is 0 Å². The van der Waals surface area contributed by atoms with Gasteiger partial charge < -0.3 is 10.6 Å². The Morgan fingerprint density at radius 2 is 1.87 bits per heavy atom. The van der Waals surface area contributed by atoms with Crippen molar-refractivity contribution in [3.8, 4) is 0 Å². The van der Waals surface area contributed by atoms with Crippen molar-refractivity contribution < 1.29 is 0 Å². The molecule has 0 aliphatic carbocycles. The molecule has 1 rings (SSSR count). The lowest BCUT2D eigenvalue weighted by atomic mass is 9.94. The van der Waals surface area contributed by atoms with Gasteiger partial charge in [0.1, 0.15) is 0 Å². The number of piperidine rings is 1. The van der Waals surface area contributed by atoms with Crippen LogP contribution in [0.4, 0.5) is 0 Å². The molecule has 88 valence electrons. The highest BCUT2D eigenvalue weighted by molar-refractivity contribution is 5.79. The van der Waals surface area contributed by atoms with Crippen LogP contribution in [0.5, 0.6) is 0 Å². The second-order valence-corrected chi connectivity index (χ2v) is 4.71. The lowest BCUT2D eigenvalue weighted by molar-refractivity contribution is 0.175. The monoisotopic (exact) mass is 211 g/mol. The van der Waals surface area contributed by atoms with Crippen molar-refractivity contribution >= 4 is 5.84 Å². The summed E-state index contributed by atoms with van der Waals surface area (Å²) in [5.41, 5.74) is 5.53. The first-order valence-corrected chi connectivity index (χ1v) is 6.23. The molecule has 0 spiro atoms. The summed E-state index contributed by atoms with van der Waals surface area (Å²) in [6.45, 7) is 8.03. The first kappa shape index (κ1) is 12.5. The van der Waals surface area contributed by atoms with Crippen LogP contribution in [0.3, 0.4) is 0 Å². The Balaban J connectivity index is 2.28. The minimum Gasteiger partial charge on any atom is -0.387 e. The predicted octanol–water partition coefficient (Wildman–Crippen LogP) is 2.07. The van der Waals surface area contributed by atoms with Gasteiger partial charge in [-0.2, -0.15) is 0 Å². The lowest BCUT2D eigenvalue weighted by Gasteiger charge is -2.33. The van der Waals surface area contributed by atoms with Crippen LogP contribution in [-0.4, -0.2) is 30.4 Å². The maximum absolute atomic E-state index is 7.43. The van der Waals surface area contributed by atoms with Crippen LogP contribution in [0, 0.1) is 17.2 Å². The molecule has 1 aliphatic heterocycles. The first-order valence-electron chi connectivity index (χ1n) is 6.23. The fraction of sp³-hybridized carbons (Fsp3) is 0.917. The van der Waals surface area contributed by atoms with Gasteiger partial charge in [0, 0.05) is 12.5 Å². The van der Waals surface area contributed by atoms with Crippen molar-refractivity contribution in [2.45, 2.75) is 39.5 Å². The predicted molar refractivity (Wildman–Crippen MR) is 65.2 cm³/mol. The Kier molecular flexibility index (Phi) is 5.09. The molecule has 0 unspecified atom stereocenters. The van der Waals surface area contributed by atoms with Gasteiger partial charge in [-0.15, -0.1) is 0 Å². The molecule has 0 radical (unpaired) electrons. The molecule has 0 aromatic heterocycles. The molecule has 0 amide bonds. The molecular weight excluding hydrogens is 186 g/mol. The number of nitrogens with one attached hydrogen (secondary N) is 1. The standard InChI is InChI=1S/C12H25N3/c1-3-10(4-2)9-15-7-5-11(6-8-15)12(13)14/h10-11H,3-9H2,1-2H3,(H3,13,14). The van der Waals surface area contributed by atoms with Gasteiger partial charge in [-0.05, 0) is 31.8 Å². The summed E-state index contributed by atoms with van der Waals surface area (Å²) in [7, 11) is 0. The zero-order valence-electron chi connectivity index (χ0n) is 10.1. The van der Waals surface area contributed by atoms with E-state index >= 15 is 0 Å². The molecule has 0 aromatic rings. The lowest BCUT2D eigenvalue weighted by Crippen LogP contribution is -2.40. The Bertz CT molecular complexity index is 191. The van der Waals surface area contributed by atoms with Gasteiger partial charge in [0.15, 0.2) is 0 Å². The van der Waals surface area contributed by atoms with Gasteiger partial charge in [-0.3, -0.25) is 5.41 Å². The van der Waals surface area contributed by atoms with Crippen LogP contribution in [0.2, 0.25) is 0 Å². The average molecular weight is 211 g/mol. The zero-order chi connectivity index (χ0) is 11.3. The zero-order valence-corrected chi connectivity index (χ0v) is 10.1. The van der Waals surface area contributed by atoms with Crippen molar-refractivity contribution in [1.29, 1.82) is 5.41 Å². The van der Waals surface area contributed by atoms with Crippen molar-refractivity contribution in [1.82, 2.24) is 4.90 Å². The highest BCUT2D eigenvalue weighted by atomic mass is 15.1. The summed E-state index contributed by atoms with van der Waals surface area (Å²) < 4.78 is 0. The highest BCUT2D eigenvalue weighted by Gasteiger charge is 2.22. The molecular formula is C12H25N3. The molecule has 0 aromatic carbocycles. The molecule has 0 bridgehead atoms. The van der Waals surface area contributed by atoms with Crippen LogP contribution < -0.4 is 5.73 Å². The number of hydrogen-bond acceptors (Lipinski definition) is 2. The Hall–Kier alpha value is -0.570. The Labute approximate surface area is 93.5 Å². The minimum absolute atomic E-state index is 0.350. The maximum Gasteiger partial charge on any atom is 0.0937 e. The van der Waals surface area contributed by atoms with E-state index in [2.05, 4.69) is 18.7 Å².